The van der Waals surface area contributed by atoms with Gasteiger partial charge >= 0.3 is 0 Å². The molecule has 2 aromatic rings. The van der Waals surface area contributed by atoms with Gasteiger partial charge in [-0.25, -0.2) is 0 Å². The van der Waals surface area contributed by atoms with E-state index in [4.69, 9.17) is 0 Å². The Hall–Kier alpha value is -1.56. The van der Waals surface area contributed by atoms with Gasteiger partial charge in [-0.1, -0.05) is 86.3 Å². The minimum atomic E-state index is 0.462. The summed E-state index contributed by atoms with van der Waals surface area (Å²) in [7, 11) is 0. The summed E-state index contributed by atoms with van der Waals surface area (Å²) in [6.07, 6.45) is 6.99. The topological polar surface area (TPSA) is 0 Å². The highest BCUT2D eigenvalue weighted by Gasteiger charge is 2.29. The van der Waals surface area contributed by atoms with E-state index in [1.165, 1.54) is 43.2 Å². The lowest BCUT2D eigenvalue weighted by Gasteiger charge is -2.35. The fourth-order valence-corrected chi connectivity index (χ4v) is 3.39. The Bertz CT molecular complexity index is 533. The van der Waals surface area contributed by atoms with Crippen LogP contribution in [0, 0.1) is 13.8 Å². The Labute approximate surface area is 130 Å². The third-order valence-electron chi connectivity index (χ3n) is 4.69. The summed E-state index contributed by atoms with van der Waals surface area (Å²) in [5, 5.41) is 0. The molecule has 0 heterocycles. The lowest BCUT2D eigenvalue weighted by atomic mass is 9.70. The normalized spacial score (nSPS) is 16.7. The maximum absolute atomic E-state index is 2.44. The molecule has 0 aliphatic heterocycles. The van der Waals surface area contributed by atoms with Crippen LogP contribution in [0.25, 0.3) is 0 Å². The number of hydrogen-bond donors (Lipinski definition) is 0. The molecule has 1 fully saturated rings. The van der Waals surface area contributed by atoms with Gasteiger partial charge in [-0.2, -0.15) is 0 Å². The number of rotatable bonds is 1. The third-order valence-corrected chi connectivity index (χ3v) is 4.69. The van der Waals surface area contributed by atoms with Gasteiger partial charge in [-0.15, -0.1) is 0 Å². The van der Waals surface area contributed by atoms with Gasteiger partial charge in [0.15, 0.2) is 0 Å². The molecule has 0 aromatic heterocycles. The smallest absolute Gasteiger partial charge is 0.00726 e. The standard InChI is InChI=1S/C14H20.C7H8/c1-12-8-4-5-9-13(12)14(2)10-6-3-7-11-14;1-7-5-3-2-4-6-7/h4-5,8-9H,3,6-7,10-11H2,1-2H3;2-6H,1H3. The van der Waals surface area contributed by atoms with Crippen molar-refractivity contribution in [2.45, 2.75) is 58.3 Å². The van der Waals surface area contributed by atoms with E-state index in [9.17, 15) is 0 Å². The predicted molar refractivity (Wildman–Crippen MR) is 92.8 cm³/mol. The fraction of sp³-hybridized carbons (Fsp3) is 0.429. The molecule has 0 heteroatoms. The molecular weight excluding hydrogens is 252 g/mol. The first-order chi connectivity index (χ1) is 10.1. The minimum Gasteiger partial charge on any atom is -0.0622 e. The zero-order valence-corrected chi connectivity index (χ0v) is 13.7. The van der Waals surface area contributed by atoms with Crippen LogP contribution in [0.4, 0.5) is 0 Å². The van der Waals surface area contributed by atoms with E-state index in [1.54, 1.807) is 5.56 Å². The van der Waals surface area contributed by atoms with Crippen LogP contribution in [-0.4, -0.2) is 0 Å². The van der Waals surface area contributed by atoms with Gasteiger partial charge in [-0.05, 0) is 43.2 Å². The SMILES string of the molecule is Cc1ccccc1.Cc1ccccc1C1(C)CCCCC1. The van der Waals surface area contributed by atoms with Gasteiger partial charge in [0.25, 0.3) is 0 Å². The Morgan fingerprint density at radius 1 is 0.714 bits per heavy atom. The van der Waals surface area contributed by atoms with Crippen LogP contribution in [0.5, 0.6) is 0 Å². The van der Waals surface area contributed by atoms with Crippen molar-refractivity contribution in [3.8, 4) is 0 Å². The molecule has 0 unspecified atom stereocenters. The first-order valence-electron chi connectivity index (χ1n) is 8.20. The van der Waals surface area contributed by atoms with Crippen molar-refractivity contribution in [1.29, 1.82) is 0 Å². The molecular formula is C21H28. The van der Waals surface area contributed by atoms with E-state index >= 15 is 0 Å². The van der Waals surface area contributed by atoms with E-state index in [0.717, 1.165) is 0 Å². The monoisotopic (exact) mass is 280 g/mol. The Balaban J connectivity index is 0.000000194. The Morgan fingerprint density at radius 3 is 1.81 bits per heavy atom. The molecule has 0 N–H and O–H groups in total. The summed E-state index contributed by atoms with van der Waals surface area (Å²) in [6.45, 7) is 6.77. The van der Waals surface area contributed by atoms with Crippen LogP contribution in [0.2, 0.25) is 0 Å². The van der Waals surface area contributed by atoms with E-state index < -0.39 is 0 Å². The van der Waals surface area contributed by atoms with Crippen molar-refractivity contribution < 1.29 is 0 Å². The van der Waals surface area contributed by atoms with Crippen LogP contribution < -0.4 is 0 Å². The number of aryl methyl sites for hydroxylation is 2. The van der Waals surface area contributed by atoms with Gasteiger partial charge in [0, 0.05) is 0 Å². The molecule has 1 saturated carbocycles. The molecule has 0 atom stereocenters. The lowest BCUT2D eigenvalue weighted by Crippen LogP contribution is -2.25. The second kappa shape index (κ2) is 7.45. The van der Waals surface area contributed by atoms with Gasteiger partial charge in [0.05, 0.1) is 0 Å². The second-order valence-corrected chi connectivity index (χ2v) is 6.59. The number of hydrogen-bond acceptors (Lipinski definition) is 0. The van der Waals surface area contributed by atoms with E-state index in [-0.39, 0.29) is 0 Å². The van der Waals surface area contributed by atoms with E-state index in [1.807, 2.05) is 18.2 Å². The van der Waals surface area contributed by atoms with Crippen molar-refractivity contribution in [2.24, 2.45) is 0 Å². The molecule has 0 radical (unpaired) electrons. The van der Waals surface area contributed by atoms with Gasteiger partial charge in [0.2, 0.25) is 0 Å². The number of benzene rings is 2. The second-order valence-electron chi connectivity index (χ2n) is 6.59. The predicted octanol–water partition coefficient (Wildman–Crippen LogP) is 6.21. The van der Waals surface area contributed by atoms with Crippen molar-refractivity contribution in [1.82, 2.24) is 0 Å². The molecule has 0 nitrogen and oxygen atoms in total. The summed E-state index contributed by atoms with van der Waals surface area (Å²) < 4.78 is 0. The first-order valence-corrected chi connectivity index (χ1v) is 8.20. The Kier molecular flexibility index (Phi) is 5.61. The third kappa shape index (κ3) is 4.46. The average Bonchev–Trinajstić information content (AvgIpc) is 2.50. The van der Waals surface area contributed by atoms with Crippen LogP contribution >= 0.6 is 0 Å². The lowest BCUT2D eigenvalue weighted by molar-refractivity contribution is 0.318. The van der Waals surface area contributed by atoms with Crippen LogP contribution in [0.1, 0.15) is 55.7 Å². The summed E-state index contributed by atoms with van der Waals surface area (Å²) in [6, 6.07) is 19.2. The molecule has 3 rings (SSSR count). The highest BCUT2D eigenvalue weighted by Crippen LogP contribution is 2.40. The maximum Gasteiger partial charge on any atom is -0.00726 e. The molecule has 1 aliphatic rings. The van der Waals surface area contributed by atoms with E-state index in [0.29, 0.717) is 5.41 Å². The molecule has 0 amide bonds. The fourth-order valence-electron chi connectivity index (χ4n) is 3.39. The van der Waals surface area contributed by atoms with Gasteiger partial charge < -0.3 is 0 Å². The summed E-state index contributed by atoms with van der Waals surface area (Å²) in [5.41, 5.74) is 4.84. The van der Waals surface area contributed by atoms with Crippen molar-refractivity contribution in [2.75, 3.05) is 0 Å². The molecule has 0 saturated heterocycles. The van der Waals surface area contributed by atoms with Crippen molar-refractivity contribution in [3.63, 3.8) is 0 Å². The van der Waals surface area contributed by atoms with Gasteiger partial charge in [0.1, 0.15) is 0 Å². The minimum absolute atomic E-state index is 0.462. The largest absolute Gasteiger partial charge is 0.0622 e. The van der Waals surface area contributed by atoms with Crippen molar-refractivity contribution >= 4 is 0 Å². The summed E-state index contributed by atoms with van der Waals surface area (Å²) >= 11 is 0. The Morgan fingerprint density at radius 2 is 1.29 bits per heavy atom. The molecule has 21 heavy (non-hydrogen) atoms. The van der Waals surface area contributed by atoms with E-state index in [2.05, 4.69) is 57.2 Å². The average molecular weight is 280 g/mol. The summed E-state index contributed by atoms with van der Waals surface area (Å²) in [4.78, 5) is 0. The molecule has 112 valence electrons. The van der Waals surface area contributed by atoms with Crippen LogP contribution in [-0.2, 0) is 5.41 Å². The highest BCUT2D eigenvalue weighted by molar-refractivity contribution is 5.33. The molecule has 1 aliphatic carbocycles. The maximum atomic E-state index is 2.44. The molecule has 0 spiro atoms. The van der Waals surface area contributed by atoms with Gasteiger partial charge in [-0.3, -0.25) is 0 Å². The highest BCUT2D eigenvalue weighted by atomic mass is 14.3. The van der Waals surface area contributed by atoms with Crippen LogP contribution in [0.15, 0.2) is 54.6 Å². The summed E-state index contributed by atoms with van der Waals surface area (Å²) in [5.74, 6) is 0. The van der Waals surface area contributed by atoms with Crippen molar-refractivity contribution in [3.05, 3.63) is 71.3 Å². The zero-order chi connectivity index (χ0) is 15.1. The first kappa shape index (κ1) is 15.8. The molecule has 0 bridgehead atoms. The zero-order valence-electron chi connectivity index (χ0n) is 13.7. The molecule has 2 aromatic carbocycles. The quantitative estimate of drug-likeness (QED) is 0.582. The van der Waals surface area contributed by atoms with Crippen LogP contribution in [0.3, 0.4) is 0 Å².